The van der Waals surface area contributed by atoms with E-state index in [-0.39, 0.29) is 0 Å². The molecule has 0 unspecified atom stereocenters. The van der Waals surface area contributed by atoms with Gasteiger partial charge in [-0.2, -0.15) is 0 Å². The van der Waals surface area contributed by atoms with Crippen LogP contribution in [0.5, 0.6) is 0 Å². The second-order valence-electron chi connectivity index (χ2n) is 10.1. The topological polar surface area (TPSA) is 18.1 Å². The van der Waals surface area contributed by atoms with E-state index in [1.165, 1.54) is 54.1 Å². The van der Waals surface area contributed by atoms with E-state index >= 15 is 0 Å². The molecule has 2 heteroatoms. The highest BCUT2D eigenvalue weighted by molar-refractivity contribution is 6.36. The third kappa shape index (κ3) is 2.51. The van der Waals surface area contributed by atoms with E-state index in [4.69, 9.17) is 4.42 Å². The van der Waals surface area contributed by atoms with Crippen LogP contribution < -0.4 is 0 Å². The molecule has 2 nitrogen and oxygen atoms in total. The molecule has 9 aromatic rings. The predicted octanol–water partition coefficient (Wildman–Crippen LogP) is 10.1. The zero-order chi connectivity index (χ0) is 24.8. The molecule has 0 bridgehead atoms. The fourth-order valence-corrected chi connectivity index (χ4v) is 6.57. The van der Waals surface area contributed by atoms with Crippen LogP contribution in [0.3, 0.4) is 0 Å². The van der Waals surface area contributed by atoms with E-state index in [0.717, 1.165) is 27.6 Å². The highest BCUT2D eigenvalue weighted by Gasteiger charge is 2.20. The van der Waals surface area contributed by atoms with Crippen LogP contribution in [0.15, 0.2) is 132 Å². The first-order valence-electron chi connectivity index (χ1n) is 13.0. The van der Waals surface area contributed by atoms with E-state index in [0.29, 0.717) is 0 Å². The summed E-state index contributed by atoms with van der Waals surface area (Å²) in [6, 6.07) is 45.9. The Balaban J connectivity index is 1.55. The van der Waals surface area contributed by atoms with Crippen molar-refractivity contribution >= 4 is 76.1 Å². The maximum atomic E-state index is 6.17. The summed E-state index contributed by atoms with van der Waals surface area (Å²) in [7, 11) is 0. The smallest absolute Gasteiger partial charge is 0.135 e. The maximum Gasteiger partial charge on any atom is 0.135 e. The number of hydrogen-bond acceptors (Lipinski definition) is 1. The van der Waals surface area contributed by atoms with Gasteiger partial charge < -0.3 is 8.98 Å². The Labute approximate surface area is 217 Å². The molecule has 9 rings (SSSR count). The van der Waals surface area contributed by atoms with Crippen molar-refractivity contribution in [2.45, 2.75) is 0 Å². The molecule has 38 heavy (non-hydrogen) atoms. The average Bonchev–Trinajstić information content (AvgIpc) is 3.53. The molecule has 0 saturated heterocycles. The number of rotatable bonds is 1. The minimum Gasteiger partial charge on any atom is -0.456 e. The van der Waals surface area contributed by atoms with E-state index in [9.17, 15) is 0 Å². The van der Waals surface area contributed by atoms with Gasteiger partial charge in [-0.15, -0.1) is 0 Å². The Morgan fingerprint density at radius 2 is 1.08 bits per heavy atom. The fourth-order valence-electron chi connectivity index (χ4n) is 6.57. The molecule has 2 heterocycles. The number of furan rings is 1. The van der Waals surface area contributed by atoms with Gasteiger partial charge in [-0.05, 0) is 57.3 Å². The maximum absolute atomic E-state index is 6.17. The van der Waals surface area contributed by atoms with Gasteiger partial charge in [0, 0.05) is 32.6 Å². The molecule has 0 N–H and O–H groups in total. The summed E-state index contributed by atoms with van der Waals surface area (Å²) in [5.74, 6) is 0. The van der Waals surface area contributed by atoms with Crippen molar-refractivity contribution in [2.75, 3.05) is 0 Å². The largest absolute Gasteiger partial charge is 0.456 e. The van der Waals surface area contributed by atoms with Gasteiger partial charge in [0.1, 0.15) is 11.2 Å². The van der Waals surface area contributed by atoms with Crippen molar-refractivity contribution in [1.29, 1.82) is 0 Å². The summed E-state index contributed by atoms with van der Waals surface area (Å²) in [5, 5.41) is 12.6. The highest BCUT2D eigenvalue weighted by Crippen LogP contribution is 2.44. The van der Waals surface area contributed by atoms with E-state index in [1.54, 1.807) is 0 Å². The summed E-state index contributed by atoms with van der Waals surface area (Å²) < 4.78 is 8.62. The average molecular weight is 484 g/mol. The van der Waals surface area contributed by atoms with Crippen molar-refractivity contribution in [3.8, 4) is 5.69 Å². The van der Waals surface area contributed by atoms with E-state index in [1.807, 2.05) is 12.1 Å². The van der Waals surface area contributed by atoms with Gasteiger partial charge in [-0.1, -0.05) is 97.1 Å². The Morgan fingerprint density at radius 1 is 0.421 bits per heavy atom. The fraction of sp³-hybridized carbons (Fsp3) is 0. The summed E-state index contributed by atoms with van der Waals surface area (Å²) in [4.78, 5) is 0. The Hall–Kier alpha value is -5.08. The van der Waals surface area contributed by atoms with Gasteiger partial charge >= 0.3 is 0 Å². The van der Waals surface area contributed by atoms with Crippen molar-refractivity contribution in [3.63, 3.8) is 0 Å². The molecule has 176 valence electrons. The van der Waals surface area contributed by atoms with Crippen molar-refractivity contribution in [3.05, 3.63) is 127 Å². The Morgan fingerprint density at radius 3 is 1.95 bits per heavy atom. The molecule has 0 fully saturated rings. The zero-order valence-corrected chi connectivity index (χ0v) is 20.5. The molecule has 0 amide bonds. The van der Waals surface area contributed by atoms with Crippen molar-refractivity contribution < 1.29 is 4.42 Å². The van der Waals surface area contributed by atoms with Crippen molar-refractivity contribution in [2.24, 2.45) is 0 Å². The van der Waals surface area contributed by atoms with Crippen LogP contribution >= 0.6 is 0 Å². The third-order valence-electron chi connectivity index (χ3n) is 8.14. The molecule has 0 spiro atoms. The third-order valence-corrected chi connectivity index (χ3v) is 8.14. The molecule has 0 saturated carbocycles. The number of hydrogen-bond donors (Lipinski definition) is 0. The summed E-state index contributed by atoms with van der Waals surface area (Å²) >= 11 is 0. The van der Waals surface area contributed by atoms with Gasteiger partial charge in [0.25, 0.3) is 0 Å². The first-order chi connectivity index (χ1) is 18.9. The van der Waals surface area contributed by atoms with Crippen LogP contribution in [0.25, 0.3) is 81.7 Å². The molecule has 0 atom stereocenters. The van der Waals surface area contributed by atoms with Gasteiger partial charge in [0.2, 0.25) is 0 Å². The summed E-state index contributed by atoms with van der Waals surface area (Å²) in [6.45, 7) is 0. The SMILES string of the molecule is c1ccc2c(c1)ccc1c2c2ccccc2c2c3ccccc3n(-c3ccc4oc5ccccc5c4c3)c12. The molecule has 2 aromatic heterocycles. The lowest BCUT2D eigenvalue weighted by Gasteiger charge is -2.14. The van der Waals surface area contributed by atoms with Crippen LogP contribution in [0.4, 0.5) is 0 Å². The lowest BCUT2D eigenvalue weighted by molar-refractivity contribution is 0.669. The quantitative estimate of drug-likeness (QED) is 0.212. The molecule has 0 aliphatic heterocycles. The lowest BCUT2D eigenvalue weighted by atomic mass is 9.93. The number of fused-ring (bicyclic) bond motifs is 13. The van der Waals surface area contributed by atoms with Crippen LogP contribution in [0.2, 0.25) is 0 Å². The molecule has 0 radical (unpaired) electrons. The molecular weight excluding hydrogens is 462 g/mol. The summed E-state index contributed by atoms with van der Waals surface area (Å²) in [5.41, 5.74) is 5.43. The lowest BCUT2D eigenvalue weighted by Crippen LogP contribution is -1.95. The van der Waals surface area contributed by atoms with Crippen molar-refractivity contribution in [1.82, 2.24) is 4.57 Å². The normalized spacial score (nSPS) is 12.2. The second kappa shape index (κ2) is 7.24. The first kappa shape index (κ1) is 20.0. The van der Waals surface area contributed by atoms with Gasteiger partial charge in [-0.25, -0.2) is 0 Å². The first-order valence-corrected chi connectivity index (χ1v) is 13.0. The number of benzene rings is 7. The van der Waals surface area contributed by atoms with E-state index < -0.39 is 0 Å². The molecular formula is C36H21NO. The van der Waals surface area contributed by atoms with Crippen LogP contribution in [-0.4, -0.2) is 4.57 Å². The van der Waals surface area contributed by atoms with Gasteiger partial charge in [-0.3, -0.25) is 0 Å². The predicted molar refractivity (Wildman–Crippen MR) is 161 cm³/mol. The number of para-hydroxylation sites is 2. The Bertz CT molecular complexity index is 2400. The number of aromatic nitrogens is 1. The molecule has 7 aromatic carbocycles. The summed E-state index contributed by atoms with van der Waals surface area (Å²) in [6.07, 6.45) is 0. The van der Waals surface area contributed by atoms with E-state index in [2.05, 4.69) is 120 Å². The second-order valence-corrected chi connectivity index (χ2v) is 10.1. The van der Waals surface area contributed by atoms with Crippen LogP contribution in [0.1, 0.15) is 0 Å². The number of nitrogens with zero attached hydrogens (tertiary/aromatic N) is 1. The molecule has 0 aliphatic carbocycles. The van der Waals surface area contributed by atoms with Crippen LogP contribution in [-0.2, 0) is 0 Å². The zero-order valence-electron chi connectivity index (χ0n) is 20.5. The van der Waals surface area contributed by atoms with Crippen LogP contribution in [0, 0.1) is 0 Å². The minimum absolute atomic E-state index is 0.914. The van der Waals surface area contributed by atoms with Gasteiger partial charge in [0.05, 0.1) is 11.0 Å². The Kier molecular flexibility index (Phi) is 3.82. The van der Waals surface area contributed by atoms with Gasteiger partial charge in [0.15, 0.2) is 0 Å². The highest BCUT2D eigenvalue weighted by atomic mass is 16.3. The minimum atomic E-state index is 0.914. The standard InChI is InChI=1S/C36H21NO/c1-2-10-24-22(9-1)17-19-29-34(24)26-12-3-4-13-27(26)35-28-14-5-7-15-31(28)37(36(29)35)23-18-20-33-30(21-23)25-11-6-8-16-32(25)38-33/h1-21H. The monoisotopic (exact) mass is 483 g/mol. The molecule has 0 aliphatic rings.